The Morgan fingerprint density at radius 3 is 2.26 bits per heavy atom. The first-order valence-corrected chi connectivity index (χ1v) is 13.1. The summed E-state index contributed by atoms with van der Waals surface area (Å²) in [4.78, 5) is 15.9. The maximum atomic E-state index is 13.6. The molecule has 1 aliphatic heterocycles. The largest absolute Gasteiger partial charge is 0.497 e. The van der Waals surface area contributed by atoms with E-state index in [0.717, 1.165) is 29.2 Å². The topological polar surface area (TPSA) is 80.6 Å². The van der Waals surface area contributed by atoms with Crippen LogP contribution in [0.3, 0.4) is 0 Å². The van der Waals surface area contributed by atoms with Gasteiger partial charge in [-0.15, -0.1) is 0 Å². The number of fused-ring (bicyclic) bond motifs is 1. The smallest absolute Gasteiger partial charge is 0.281 e. The summed E-state index contributed by atoms with van der Waals surface area (Å²) in [5.74, 6) is 0.757. The van der Waals surface area contributed by atoms with Crippen LogP contribution in [0.25, 0.3) is 16.8 Å². The van der Waals surface area contributed by atoms with Gasteiger partial charge in [-0.1, -0.05) is 30.3 Å². The summed E-state index contributed by atoms with van der Waals surface area (Å²) in [7, 11) is -1.75. The highest BCUT2D eigenvalue weighted by atomic mass is 32.2. The summed E-state index contributed by atoms with van der Waals surface area (Å²) in [6.45, 7) is 1.37. The van der Waals surface area contributed by atoms with Gasteiger partial charge in [0.05, 0.1) is 17.7 Å². The van der Waals surface area contributed by atoms with Gasteiger partial charge in [-0.05, 0) is 54.1 Å². The fraction of sp³-hybridized carbons (Fsp3) is 0.148. The number of pyridine rings is 1. The molecule has 7 nitrogen and oxygen atoms in total. The molecular formula is C27H25N3O4S. The van der Waals surface area contributed by atoms with Crippen LogP contribution < -0.4 is 20.5 Å². The lowest BCUT2D eigenvalue weighted by molar-refractivity contribution is 0.415. The van der Waals surface area contributed by atoms with Crippen LogP contribution in [0.2, 0.25) is 0 Å². The minimum absolute atomic E-state index is 0.144. The van der Waals surface area contributed by atoms with E-state index < -0.39 is 9.84 Å². The Bertz CT molecular complexity index is 1540. The van der Waals surface area contributed by atoms with Crippen molar-refractivity contribution in [2.45, 2.75) is 4.90 Å². The van der Waals surface area contributed by atoms with Crippen molar-refractivity contribution in [1.82, 2.24) is 4.57 Å². The highest BCUT2D eigenvalue weighted by Gasteiger charge is 2.23. The van der Waals surface area contributed by atoms with E-state index >= 15 is 0 Å². The molecule has 0 saturated heterocycles. The minimum atomic E-state index is -3.37. The van der Waals surface area contributed by atoms with Gasteiger partial charge in [0, 0.05) is 42.5 Å². The number of aromatic nitrogens is 1. The number of sulfone groups is 1. The van der Waals surface area contributed by atoms with Crippen molar-refractivity contribution in [2.24, 2.45) is 0 Å². The van der Waals surface area contributed by atoms with Crippen LogP contribution in [0.5, 0.6) is 5.75 Å². The van der Waals surface area contributed by atoms with Gasteiger partial charge in [-0.3, -0.25) is 9.36 Å². The van der Waals surface area contributed by atoms with E-state index in [4.69, 9.17) is 4.74 Å². The molecule has 0 fully saturated rings. The highest BCUT2D eigenvalue weighted by Crippen LogP contribution is 2.33. The minimum Gasteiger partial charge on any atom is -0.497 e. The van der Waals surface area contributed by atoms with Gasteiger partial charge < -0.3 is 15.0 Å². The third-order valence-corrected chi connectivity index (χ3v) is 7.27. The van der Waals surface area contributed by atoms with E-state index in [1.165, 1.54) is 6.26 Å². The van der Waals surface area contributed by atoms with Crippen LogP contribution in [0, 0.1) is 0 Å². The zero-order chi connectivity index (χ0) is 24.6. The van der Waals surface area contributed by atoms with Gasteiger partial charge in [0.15, 0.2) is 9.84 Å². The maximum absolute atomic E-state index is 13.6. The van der Waals surface area contributed by atoms with Crippen molar-refractivity contribution < 1.29 is 13.2 Å². The number of rotatable bonds is 5. The molecule has 0 radical (unpaired) electrons. The van der Waals surface area contributed by atoms with Gasteiger partial charge in [-0.2, -0.15) is 0 Å². The monoisotopic (exact) mass is 487 g/mol. The fourth-order valence-corrected chi connectivity index (χ4v) is 5.31. The molecule has 0 amide bonds. The van der Waals surface area contributed by atoms with Gasteiger partial charge in [0.2, 0.25) is 0 Å². The Morgan fingerprint density at radius 2 is 1.57 bits per heavy atom. The van der Waals surface area contributed by atoms with Crippen LogP contribution in [-0.2, 0) is 9.84 Å². The molecule has 1 N–H and O–H groups in total. The van der Waals surface area contributed by atoms with Crippen LogP contribution in [0.1, 0.15) is 0 Å². The van der Waals surface area contributed by atoms with E-state index in [1.807, 2.05) is 65.6 Å². The van der Waals surface area contributed by atoms with Crippen molar-refractivity contribution in [3.05, 3.63) is 95.4 Å². The molecule has 2 heterocycles. The molecule has 178 valence electrons. The summed E-state index contributed by atoms with van der Waals surface area (Å²) in [6, 6.07) is 23.8. The van der Waals surface area contributed by atoms with E-state index in [0.29, 0.717) is 23.5 Å². The van der Waals surface area contributed by atoms with Crippen molar-refractivity contribution in [3.63, 3.8) is 0 Å². The maximum Gasteiger partial charge on any atom is 0.281 e. The third-order valence-electron chi connectivity index (χ3n) is 6.11. The molecule has 5 rings (SSSR count). The Hall–Kier alpha value is -4.04. The van der Waals surface area contributed by atoms with Crippen LogP contribution in [0.15, 0.2) is 94.7 Å². The second kappa shape index (κ2) is 8.96. The van der Waals surface area contributed by atoms with E-state index in [9.17, 15) is 13.2 Å². The molecule has 8 heteroatoms. The molecule has 0 spiro atoms. The van der Waals surface area contributed by atoms with E-state index in [1.54, 1.807) is 36.1 Å². The first-order chi connectivity index (χ1) is 16.9. The first-order valence-electron chi connectivity index (χ1n) is 11.2. The van der Waals surface area contributed by atoms with Crippen molar-refractivity contribution >= 4 is 26.9 Å². The summed E-state index contributed by atoms with van der Waals surface area (Å²) in [5, 5.41) is 3.32. The molecule has 35 heavy (non-hydrogen) atoms. The molecule has 0 saturated carbocycles. The molecule has 0 bridgehead atoms. The second-order valence-corrected chi connectivity index (χ2v) is 10.3. The highest BCUT2D eigenvalue weighted by molar-refractivity contribution is 7.90. The van der Waals surface area contributed by atoms with Crippen LogP contribution in [0.4, 0.5) is 17.1 Å². The standard InChI is InChI=1S/C27H25N3O4S/c1-34-22-13-11-20(12-14-22)29-18-16-28-24-15-17-30(27(31)26(24)29)21-9-7-19(8-10-21)23-5-3-4-6-25(23)35(2,32)33/h3-15,17,28H,16,18H2,1-2H3. The quantitative estimate of drug-likeness (QED) is 0.447. The van der Waals surface area contributed by atoms with Crippen LogP contribution in [-0.4, -0.2) is 39.4 Å². The van der Waals surface area contributed by atoms with Crippen LogP contribution >= 0.6 is 0 Å². The summed E-state index contributed by atoms with van der Waals surface area (Å²) >= 11 is 0. The average molecular weight is 488 g/mol. The number of nitrogens with zero attached hydrogens (tertiary/aromatic N) is 2. The van der Waals surface area contributed by atoms with Crippen molar-refractivity contribution in [1.29, 1.82) is 0 Å². The Morgan fingerprint density at radius 1 is 0.886 bits per heavy atom. The third kappa shape index (κ3) is 4.28. The lowest BCUT2D eigenvalue weighted by Crippen LogP contribution is -2.36. The number of ether oxygens (including phenoxy) is 1. The summed E-state index contributed by atoms with van der Waals surface area (Å²) < 4.78 is 31.3. The molecule has 0 aliphatic carbocycles. The molecule has 1 aromatic heterocycles. The summed E-state index contributed by atoms with van der Waals surface area (Å²) in [6.07, 6.45) is 2.96. The summed E-state index contributed by atoms with van der Waals surface area (Å²) in [5.41, 5.74) is 4.23. The number of hydrogen-bond acceptors (Lipinski definition) is 6. The fourth-order valence-electron chi connectivity index (χ4n) is 4.40. The second-order valence-electron chi connectivity index (χ2n) is 8.34. The number of methoxy groups -OCH3 is 1. The SMILES string of the molecule is COc1ccc(N2CCNc3ccn(-c4ccc(-c5ccccc5S(C)(=O)=O)cc4)c(=O)c32)cc1. The predicted molar refractivity (Wildman–Crippen MR) is 139 cm³/mol. The number of hydrogen-bond donors (Lipinski definition) is 1. The number of benzene rings is 3. The molecule has 0 atom stereocenters. The normalized spacial score (nSPS) is 13.1. The van der Waals surface area contributed by atoms with E-state index in [2.05, 4.69) is 5.32 Å². The first kappa shape index (κ1) is 22.7. The number of anilines is 3. The molecule has 1 aliphatic rings. The zero-order valence-corrected chi connectivity index (χ0v) is 20.2. The number of nitrogens with one attached hydrogen (secondary N) is 1. The predicted octanol–water partition coefficient (Wildman–Crippen LogP) is 4.48. The average Bonchev–Trinajstić information content (AvgIpc) is 2.88. The molecule has 0 unspecified atom stereocenters. The van der Waals surface area contributed by atoms with Gasteiger partial charge >= 0.3 is 0 Å². The molecular weight excluding hydrogens is 462 g/mol. The Balaban J connectivity index is 1.54. The van der Waals surface area contributed by atoms with E-state index in [-0.39, 0.29) is 10.5 Å². The van der Waals surface area contributed by atoms with Gasteiger partial charge in [0.1, 0.15) is 11.4 Å². The lowest BCUT2D eigenvalue weighted by Gasteiger charge is -2.32. The van der Waals surface area contributed by atoms with Crippen molar-refractivity contribution in [3.8, 4) is 22.6 Å². The lowest BCUT2D eigenvalue weighted by atomic mass is 10.1. The van der Waals surface area contributed by atoms with Gasteiger partial charge in [0.25, 0.3) is 5.56 Å². The zero-order valence-electron chi connectivity index (χ0n) is 19.4. The molecule has 4 aromatic rings. The molecule has 3 aromatic carbocycles. The van der Waals surface area contributed by atoms with Gasteiger partial charge in [-0.25, -0.2) is 8.42 Å². The Labute approximate surface area is 204 Å². The Kier molecular flexibility index (Phi) is 5.82. The van der Waals surface area contributed by atoms with Crippen molar-refractivity contribution in [2.75, 3.05) is 36.7 Å².